The Kier molecular flexibility index (Phi) is 5.71. The van der Waals surface area contributed by atoms with Crippen molar-refractivity contribution in [3.05, 3.63) is 93.6 Å². The summed E-state index contributed by atoms with van der Waals surface area (Å²) in [6.07, 6.45) is 4.22. The number of aromatic nitrogens is 7. The lowest BCUT2D eigenvalue weighted by atomic mass is 10.1. The monoisotopic (exact) mass is 511 g/mol. The lowest BCUT2D eigenvalue weighted by Gasteiger charge is -2.14. The number of nitrogens with zero attached hydrogens (tertiary/aromatic N) is 7. The zero-order valence-corrected chi connectivity index (χ0v) is 20.2. The van der Waals surface area contributed by atoms with E-state index in [4.69, 9.17) is 4.52 Å². The van der Waals surface area contributed by atoms with E-state index in [1.807, 2.05) is 24.3 Å². The van der Waals surface area contributed by atoms with Crippen LogP contribution in [-0.2, 0) is 20.0 Å². The molecule has 2 N–H and O–H groups in total. The third-order valence-corrected chi connectivity index (χ3v) is 6.48. The topological polar surface area (TPSA) is 163 Å². The zero-order valence-electron chi connectivity index (χ0n) is 20.2. The fraction of sp³-hybridized carbons (Fsp3) is 0.200. The van der Waals surface area contributed by atoms with Gasteiger partial charge in [-0.25, -0.2) is 14.8 Å². The molecular formula is C25H21N9O4. The summed E-state index contributed by atoms with van der Waals surface area (Å²) in [4.78, 5) is 45.9. The molecule has 0 spiro atoms. The van der Waals surface area contributed by atoms with E-state index < -0.39 is 11.8 Å². The highest BCUT2D eigenvalue weighted by molar-refractivity contribution is 5.97. The molecular weight excluding hydrogens is 490 g/mol. The summed E-state index contributed by atoms with van der Waals surface area (Å²) in [6, 6.07) is 12.2. The van der Waals surface area contributed by atoms with Crippen LogP contribution in [-0.4, -0.2) is 46.7 Å². The number of tetrazole rings is 1. The first-order valence-corrected chi connectivity index (χ1v) is 11.8. The lowest BCUT2D eigenvalue weighted by Crippen LogP contribution is -2.29. The van der Waals surface area contributed by atoms with Crippen LogP contribution in [0.2, 0.25) is 0 Å². The van der Waals surface area contributed by atoms with E-state index in [1.54, 1.807) is 18.3 Å². The van der Waals surface area contributed by atoms with Crippen molar-refractivity contribution < 1.29 is 14.1 Å². The van der Waals surface area contributed by atoms with Gasteiger partial charge in [0.05, 0.1) is 17.9 Å². The number of nitrogens with one attached hydrogen (secondary N) is 2. The molecule has 3 heterocycles. The predicted octanol–water partition coefficient (Wildman–Crippen LogP) is 1.24. The molecule has 0 unspecified atom stereocenters. The molecule has 3 aromatic heterocycles. The molecule has 1 aliphatic carbocycles. The molecule has 6 rings (SSSR count). The summed E-state index contributed by atoms with van der Waals surface area (Å²) in [5.41, 5.74) is 3.87. The van der Waals surface area contributed by atoms with Gasteiger partial charge in [-0.1, -0.05) is 17.3 Å². The average Bonchev–Trinajstić information content (AvgIpc) is 3.66. The Hall–Kier alpha value is -5.20. The summed E-state index contributed by atoms with van der Waals surface area (Å²) in [5.74, 6) is -0.846. The van der Waals surface area contributed by atoms with Gasteiger partial charge >= 0.3 is 5.69 Å². The molecule has 1 atom stereocenters. The van der Waals surface area contributed by atoms with Gasteiger partial charge in [-0.2, -0.15) is 9.36 Å². The Bertz CT molecular complexity index is 1750. The number of carbonyl (C=O) groups is 2. The van der Waals surface area contributed by atoms with Crippen LogP contribution in [0.3, 0.4) is 0 Å². The molecule has 0 bridgehead atoms. The highest BCUT2D eigenvalue weighted by Crippen LogP contribution is 2.32. The van der Waals surface area contributed by atoms with Crippen molar-refractivity contribution in [3.63, 3.8) is 0 Å². The number of hydrogen-bond donors (Lipinski definition) is 2. The van der Waals surface area contributed by atoms with E-state index in [0.29, 0.717) is 17.7 Å². The Morgan fingerprint density at radius 3 is 2.71 bits per heavy atom. The van der Waals surface area contributed by atoms with Crippen LogP contribution in [0.25, 0.3) is 16.7 Å². The Morgan fingerprint density at radius 1 is 1.05 bits per heavy atom. The number of hydrogen-bond acceptors (Lipinski definition) is 9. The molecule has 38 heavy (non-hydrogen) atoms. The minimum absolute atomic E-state index is 0.0803. The molecule has 0 saturated heterocycles. The smallest absolute Gasteiger partial charge is 0.356 e. The van der Waals surface area contributed by atoms with Crippen molar-refractivity contribution in [3.8, 4) is 5.69 Å². The molecule has 2 aromatic carbocycles. The Morgan fingerprint density at radius 2 is 1.89 bits per heavy atom. The van der Waals surface area contributed by atoms with E-state index in [1.165, 1.54) is 24.1 Å². The number of rotatable bonds is 6. The van der Waals surface area contributed by atoms with Crippen LogP contribution in [0.5, 0.6) is 0 Å². The van der Waals surface area contributed by atoms with Gasteiger partial charge < -0.3 is 15.2 Å². The summed E-state index contributed by atoms with van der Waals surface area (Å²) in [7, 11) is 1.53. The second-order valence-corrected chi connectivity index (χ2v) is 8.91. The highest BCUT2D eigenvalue weighted by Gasteiger charge is 2.26. The maximum atomic E-state index is 13.0. The van der Waals surface area contributed by atoms with Gasteiger partial charge in [-0.05, 0) is 64.2 Å². The van der Waals surface area contributed by atoms with Crippen molar-refractivity contribution in [2.75, 3.05) is 0 Å². The second-order valence-electron chi connectivity index (χ2n) is 8.91. The highest BCUT2D eigenvalue weighted by atomic mass is 16.5. The average molecular weight is 512 g/mol. The zero-order chi connectivity index (χ0) is 26.2. The van der Waals surface area contributed by atoms with E-state index in [2.05, 4.69) is 36.2 Å². The molecule has 1 aliphatic rings. The van der Waals surface area contributed by atoms with Crippen LogP contribution in [0.4, 0.5) is 0 Å². The molecule has 0 aliphatic heterocycles. The first-order chi connectivity index (χ1) is 18.5. The maximum absolute atomic E-state index is 13.0. The number of amides is 2. The predicted molar refractivity (Wildman–Crippen MR) is 132 cm³/mol. The van der Waals surface area contributed by atoms with E-state index in [-0.39, 0.29) is 29.7 Å². The fourth-order valence-corrected chi connectivity index (χ4v) is 4.49. The molecule has 5 aromatic rings. The van der Waals surface area contributed by atoms with Gasteiger partial charge in [0.25, 0.3) is 11.8 Å². The Balaban J connectivity index is 1.12. The van der Waals surface area contributed by atoms with Gasteiger partial charge in [0.1, 0.15) is 17.7 Å². The van der Waals surface area contributed by atoms with Crippen molar-refractivity contribution in [1.82, 2.24) is 45.5 Å². The van der Waals surface area contributed by atoms with Crippen LogP contribution in [0.15, 0.2) is 64.3 Å². The summed E-state index contributed by atoms with van der Waals surface area (Å²) >= 11 is 0. The van der Waals surface area contributed by atoms with Gasteiger partial charge in [0, 0.05) is 25.0 Å². The number of fused-ring (bicyclic) bond motifs is 2. The quantitative estimate of drug-likeness (QED) is 0.341. The summed E-state index contributed by atoms with van der Waals surface area (Å²) in [5, 5.41) is 18.0. The van der Waals surface area contributed by atoms with Crippen molar-refractivity contribution in [1.29, 1.82) is 0 Å². The van der Waals surface area contributed by atoms with Crippen LogP contribution >= 0.6 is 0 Å². The molecule has 2 amide bonds. The normalized spacial score (nSPS) is 14.4. The third kappa shape index (κ3) is 4.30. The van der Waals surface area contributed by atoms with Crippen molar-refractivity contribution >= 4 is 22.8 Å². The fourth-order valence-electron chi connectivity index (χ4n) is 4.49. The van der Waals surface area contributed by atoms with Crippen molar-refractivity contribution in [2.24, 2.45) is 7.05 Å². The maximum Gasteiger partial charge on any atom is 0.368 e. The van der Waals surface area contributed by atoms with Crippen LogP contribution in [0.1, 0.15) is 50.1 Å². The SMILES string of the molecule is Cn1nnn(-c2ccc3c(c2)CC[C@@H]3NC(=O)c2cc(C(=O)NCc3ccc4cnoc4c3)ncn2)c1=O. The third-order valence-electron chi connectivity index (χ3n) is 6.48. The van der Waals surface area contributed by atoms with E-state index in [0.717, 1.165) is 33.2 Å². The lowest BCUT2D eigenvalue weighted by molar-refractivity contribution is 0.0931. The van der Waals surface area contributed by atoms with E-state index >= 15 is 0 Å². The number of aryl methyl sites for hydroxylation is 2. The molecule has 190 valence electrons. The molecule has 0 saturated carbocycles. The minimum atomic E-state index is -0.433. The van der Waals surface area contributed by atoms with Gasteiger partial charge in [-0.3, -0.25) is 9.59 Å². The summed E-state index contributed by atoms with van der Waals surface area (Å²) < 4.78 is 7.54. The number of benzene rings is 2. The van der Waals surface area contributed by atoms with Crippen LogP contribution < -0.4 is 16.3 Å². The Labute approximate surface area is 214 Å². The molecule has 0 fully saturated rings. The standard InChI is InChI=1S/C25H21N9O4/c1-33-25(37)34(32-31-33)17-5-6-18-15(9-17)4-7-19(18)30-24(36)21-10-20(27-13-28-21)23(35)26-11-14-2-3-16-12-29-38-22(16)8-14/h2-3,5-6,8-10,12-13,19H,4,7,11H2,1H3,(H,26,35)(H,30,36)/t19-/m0/s1. The van der Waals surface area contributed by atoms with Gasteiger partial charge in [0.15, 0.2) is 5.58 Å². The number of carbonyl (C=O) groups excluding carboxylic acids is 2. The van der Waals surface area contributed by atoms with Crippen LogP contribution in [0, 0.1) is 0 Å². The largest absolute Gasteiger partial charge is 0.368 e. The van der Waals surface area contributed by atoms with Crippen molar-refractivity contribution in [2.45, 2.75) is 25.4 Å². The van der Waals surface area contributed by atoms with E-state index in [9.17, 15) is 14.4 Å². The summed E-state index contributed by atoms with van der Waals surface area (Å²) in [6.45, 7) is 0.253. The molecule has 13 nitrogen and oxygen atoms in total. The second kappa shape index (κ2) is 9.35. The van der Waals surface area contributed by atoms with Gasteiger partial charge in [-0.15, -0.1) is 0 Å². The first kappa shape index (κ1) is 23.2. The molecule has 0 radical (unpaired) electrons. The van der Waals surface area contributed by atoms with Gasteiger partial charge in [0.2, 0.25) is 0 Å². The minimum Gasteiger partial charge on any atom is -0.356 e. The first-order valence-electron chi connectivity index (χ1n) is 11.8. The molecule has 13 heteroatoms.